The zero-order valence-electron chi connectivity index (χ0n) is 19.7. The number of nitrogens with zero attached hydrogens (tertiary/aromatic N) is 1. The number of hydrazone groups is 1. The molecule has 1 aliphatic carbocycles. The summed E-state index contributed by atoms with van der Waals surface area (Å²) in [5.74, 6) is 0.0359. The van der Waals surface area contributed by atoms with Crippen molar-refractivity contribution in [2.75, 3.05) is 13.4 Å². The SMILES string of the molecule is COc1cccc(/C=N\NC(=O)CC2=C(C)/C(=C/c3ccc(S(C)=O)cc3)c3ccc(F)cc32)c1. The number of hydrogen-bond donors (Lipinski definition) is 1. The van der Waals surface area contributed by atoms with E-state index in [0.29, 0.717) is 11.3 Å². The van der Waals surface area contributed by atoms with E-state index in [2.05, 4.69) is 10.5 Å². The molecule has 0 heterocycles. The molecule has 3 aromatic rings. The Morgan fingerprint density at radius 1 is 1.06 bits per heavy atom. The van der Waals surface area contributed by atoms with Gasteiger partial charge in [0.2, 0.25) is 5.91 Å². The van der Waals surface area contributed by atoms with Gasteiger partial charge < -0.3 is 4.74 Å². The van der Waals surface area contributed by atoms with Gasteiger partial charge in [-0.2, -0.15) is 5.10 Å². The number of fused-ring (bicyclic) bond motifs is 1. The van der Waals surface area contributed by atoms with Gasteiger partial charge in [0, 0.05) is 22.0 Å². The van der Waals surface area contributed by atoms with Crippen LogP contribution in [0.15, 0.2) is 82.3 Å². The first kappa shape index (κ1) is 24.3. The molecule has 0 spiro atoms. The number of benzene rings is 3. The minimum absolute atomic E-state index is 0.0584. The second-order valence-electron chi connectivity index (χ2n) is 8.12. The molecule has 7 heteroatoms. The van der Waals surface area contributed by atoms with Gasteiger partial charge in [-0.1, -0.05) is 30.3 Å². The standard InChI is InChI=1S/C28H25FN2O3S/c1-18-25(14-19-7-10-23(11-8-19)35(3)33)24-12-9-21(29)15-27(24)26(18)16-28(32)31-30-17-20-5-4-6-22(13-20)34-2/h4-15,17H,16H2,1-3H3,(H,31,32)/b25-14-,30-17-. The third-order valence-electron chi connectivity index (χ3n) is 5.81. The molecule has 0 fully saturated rings. The lowest BCUT2D eigenvalue weighted by molar-refractivity contribution is -0.120. The maximum atomic E-state index is 14.1. The van der Waals surface area contributed by atoms with Gasteiger partial charge in [-0.05, 0) is 88.4 Å². The van der Waals surface area contributed by atoms with E-state index < -0.39 is 10.8 Å². The number of allylic oxidation sites excluding steroid dienone is 2. The fraction of sp³-hybridized carbons (Fsp3) is 0.143. The summed E-state index contributed by atoms with van der Waals surface area (Å²) in [6.07, 6.45) is 5.24. The molecule has 1 atom stereocenters. The van der Waals surface area contributed by atoms with E-state index in [1.54, 1.807) is 31.7 Å². The third kappa shape index (κ3) is 5.63. The highest BCUT2D eigenvalue weighted by molar-refractivity contribution is 7.84. The van der Waals surface area contributed by atoms with E-state index in [1.807, 2.05) is 55.5 Å². The topological polar surface area (TPSA) is 67.8 Å². The van der Waals surface area contributed by atoms with Gasteiger partial charge in [-0.15, -0.1) is 0 Å². The van der Waals surface area contributed by atoms with Gasteiger partial charge in [-0.3, -0.25) is 9.00 Å². The van der Waals surface area contributed by atoms with Crippen molar-refractivity contribution in [1.82, 2.24) is 5.43 Å². The summed E-state index contributed by atoms with van der Waals surface area (Å²) in [6.45, 7) is 1.93. The number of amides is 1. The van der Waals surface area contributed by atoms with Crippen molar-refractivity contribution in [1.29, 1.82) is 0 Å². The predicted molar refractivity (Wildman–Crippen MR) is 139 cm³/mol. The fourth-order valence-corrected chi connectivity index (χ4v) is 4.52. The van der Waals surface area contributed by atoms with Gasteiger partial charge in [0.25, 0.3) is 0 Å². The Hall–Kier alpha value is -3.84. The lowest BCUT2D eigenvalue weighted by Gasteiger charge is -2.06. The average molecular weight is 489 g/mol. The van der Waals surface area contributed by atoms with E-state index in [-0.39, 0.29) is 18.1 Å². The molecule has 0 aliphatic heterocycles. The Kier molecular flexibility index (Phi) is 7.36. The number of rotatable bonds is 7. The van der Waals surface area contributed by atoms with Crippen LogP contribution < -0.4 is 10.2 Å². The van der Waals surface area contributed by atoms with E-state index in [9.17, 15) is 13.4 Å². The summed E-state index contributed by atoms with van der Waals surface area (Å²) in [5, 5.41) is 4.05. The number of halogens is 1. The summed E-state index contributed by atoms with van der Waals surface area (Å²) >= 11 is 0. The second kappa shape index (κ2) is 10.6. The quantitative estimate of drug-likeness (QED) is 0.356. The molecule has 1 aliphatic rings. The Balaban J connectivity index is 1.57. The fourth-order valence-electron chi connectivity index (χ4n) is 4.00. The summed E-state index contributed by atoms with van der Waals surface area (Å²) in [4.78, 5) is 13.4. The van der Waals surface area contributed by atoms with Crippen LogP contribution in [0.4, 0.5) is 4.39 Å². The maximum absolute atomic E-state index is 14.1. The summed E-state index contributed by atoms with van der Waals surface area (Å²) in [5.41, 5.74) is 8.43. The van der Waals surface area contributed by atoms with Gasteiger partial charge in [0.05, 0.1) is 19.7 Å². The van der Waals surface area contributed by atoms with Crippen LogP contribution in [0, 0.1) is 5.82 Å². The van der Waals surface area contributed by atoms with E-state index in [1.165, 1.54) is 12.1 Å². The minimum Gasteiger partial charge on any atom is -0.497 e. The maximum Gasteiger partial charge on any atom is 0.244 e. The number of nitrogens with one attached hydrogen (secondary N) is 1. The van der Waals surface area contributed by atoms with Crippen LogP contribution in [0.5, 0.6) is 5.75 Å². The molecule has 0 saturated carbocycles. The molecule has 178 valence electrons. The molecule has 5 nitrogen and oxygen atoms in total. The Morgan fingerprint density at radius 2 is 1.83 bits per heavy atom. The summed E-state index contributed by atoms with van der Waals surface area (Å²) in [6, 6.07) is 19.4. The average Bonchev–Trinajstić information content (AvgIpc) is 3.09. The van der Waals surface area contributed by atoms with Crippen LogP contribution >= 0.6 is 0 Å². The highest BCUT2D eigenvalue weighted by Crippen LogP contribution is 2.43. The van der Waals surface area contributed by atoms with Crippen LogP contribution in [-0.2, 0) is 15.6 Å². The summed E-state index contributed by atoms with van der Waals surface area (Å²) in [7, 11) is 0.534. The van der Waals surface area contributed by atoms with Crippen LogP contribution in [0.2, 0.25) is 0 Å². The van der Waals surface area contributed by atoms with Crippen molar-refractivity contribution in [3.05, 3.63) is 100 Å². The van der Waals surface area contributed by atoms with Gasteiger partial charge in [0.15, 0.2) is 0 Å². The Labute approximate surface area is 206 Å². The van der Waals surface area contributed by atoms with Crippen molar-refractivity contribution in [3.63, 3.8) is 0 Å². The molecule has 4 rings (SSSR count). The van der Waals surface area contributed by atoms with Gasteiger partial charge >= 0.3 is 0 Å². The smallest absolute Gasteiger partial charge is 0.244 e. The van der Waals surface area contributed by atoms with Crippen molar-refractivity contribution in [2.45, 2.75) is 18.2 Å². The molecule has 0 saturated heterocycles. The first-order valence-corrected chi connectivity index (χ1v) is 12.5. The van der Waals surface area contributed by atoms with E-state index in [0.717, 1.165) is 38.3 Å². The van der Waals surface area contributed by atoms with Crippen molar-refractivity contribution in [3.8, 4) is 5.75 Å². The number of carbonyl (C=O) groups excluding carboxylic acids is 1. The monoisotopic (exact) mass is 488 g/mol. The molecule has 1 N–H and O–H groups in total. The lowest BCUT2D eigenvalue weighted by Crippen LogP contribution is -2.17. The zero-order valence-corrected chi connectivity index (χ0v) is 20.5. The molecule has 1 amide bonds. The van der Waals surface area contributed by atoms with Crippen LogP contribution in [0.1, 0.15) is 35.6 Å². The first-order chi connectivity index (χ1) is 16.9. The molecular weight excluding hydrogens is 463 g/mol. The number of methoxy groups -OCH3 is 1. The van der Waals surface area contributed by atoms with Crippen molar-refractivity contribution < 1.29 is 18.1 Å². The number of hydrogen-bond acceptors (Lipinski definition) is 4. The predicted octanol–water partition coefficient (Wildman–Crippen LogP) is 5.44. The number of ether oxygens (including phenoxy) is 1. The van der Waals surface area contributed by atoms with Crippen LogP contribution in [0.3, 0.4) is 0 Å². The minimum atomic E-state index is -1.05. The molecule has 0 radical (unpaired) electrons. The molecular formula is C28H25FN2O3S. The van der Waals surface area contributed by atoms with Crippen LogP contribution in [-0.4, -0.2) is 29.7 Å². The molecule has 0 bridgehead atoms. The second-order valence-corrected chi connectivity index (χ2v) is 9.50. The van der Waals surface area contributed by atoms with Crippen molar-refractivity contribution in [2.24, 2.45) is 5.10 Å². The Morgan fingerprint density at radius 3 is 2.54 bits per heavy atom. The molecule has 0 aromatic heterocycles. The first-order valence-electron chi connectivity index (χ1n) is 11.0. The van der Waals surface area contributed by atoms with Crippen molar-refractivity contribution >= 4 is 40.1 Å². The normalized spacial score (nSPS) is 14.9. The van der Waals surface area contributed by atoms with E-state index >= 15 is 0 Å². The third-order valence-corrected chi connectivity index (χ3v) is 6.75. The molecule has 1 unspecified atom stereocenters. The summed E-state index contributed by atoms with van der Waals surface area (Å²) < 4.78 is 31.0. The number of carbonyl (C=O) groups is 1. The lowest BCUT2D eigenvalue weighted by atomic mass is 10.0. The Bertz CT molecular complexity index is 1390. The van der Waals surface area contributed by atoms with Gasteiger partial charge in [0.1, 0.15) is 11.6 Å². The highest BCUT2D eigenvalue weighted by Gasteiger charge is 2.25. The highest BCUT2D eigenvalue weighted by atomic mass is 32.2. The van der Waals surface area contributed by atoms with Gasteiger partial charge in [-0.25, -0.2) is 9.82 Å². The molecule has 35 heavy (non-hydrogen) atoms. The largest absolute Gasteiger partial charge is 0.497 e. The zero-order chi connectivity index (χ0) is 24.9. The van der Waals surface area contributed by atoms with E-state index in [4.69, 9.17) is 4.74 Å². The van der Waals surface area contributed by atoms with Crippen LogP contribution in [0.25, 0.3) is 17.2 Å². The molecule has 3 aromatic carbocycles.